The van der Waals surface area contributed by atoms with Gasteiger partial charge in [-0.2, -0.15) is 0 Å². The third-order valence-corrected chi connectivity index (χ3v) is 5.98. The Morgan fingerprint density at radius 3 is 2.22 bits per heavy atom. The minimum absolute atomic E-state index is 0.0184. The molecule has 1 amide bonds. The highest BCUT2D eigenvalue weighted by atomic mass is 19.1. The second-order valence-corrected chi connectivity index (χ2v) is 8.12. The minimum atomic E-state index is -0.921. The molecule has 1 atom stereocenters. The average Bonchev–Trinajstić information content (AvgIpc) is 3.14. The van der Waals surface area contributed by atoms with E-state index < -0.39 is 29.3 Å². The molecular formula is C28H26FNO6. The Morgan fingerprint density at radius 2 is 1.61 bits per heavy atom. The van der Waals surface area contributed by atoms with Crippen molar-refractivity contribution < 1.29 is 33.3 Å². The van der Waals surface area contributed by atoms with Gasteiger partial charge >= 0.3 is 0 Å². The van der Waals surface area contributed by atoms with E-state index >= 15 is 0 Å². The van der Waals surface area contributed by atoms with Crippen LogP contribution in [0.15, 0.2) is 72.3 Å². The molecule has 1 aliphatic heterocycles. The quantitative estimate of drug-likeness (QED) is 0.275. The highest BCUT2D eigenvalue weighted by molar-refractivity contribution is 6.46. The van der Waals surface area contributed by atoms with Crippen molar-refractivity contribution in [1.82, 2.24) is 4.90 Å². The third-order valence-electron chi connectivity index (χ3n) is 5.98. The first-order valence-corrected chi connectivity index (χ1v) is 11.4. The lowest BCUT2D eigenvalue weighted by Crippen LogP contribution is -2.29. The first-order chi connectivity index (χ1) is 17.4. The molecule has 1 saturated heterocycles. The van der Waals surface area contributed by atoms with Crippen LogP contribution in [0.1, 0.15) is 29.7 Å². The summed E-state index contributed by atoms with van der Waals surface area (Å²) in [6.45, 7) is 2.51. The highest BCUT2D eigenvalue weighted by Gasteiger charge is 2.46. The number of hydrogen-bond acceptors (Lipinski definition) is 6. The monoisotopic (exact) mass is 491 g/mol. The Labute approximate surface area is 208 Å². The molecule has 186 valence electrons. The standard InChI is InChI=1S/C28H26FNO6/c1-4-36-21-10-5-17(6-11-21)16-30-25(18-7-12-20(34-2)13-8-18)24(27(32)28(30)33)26(31)22-15-19(29)9-14-23(22)35-3/h5-15,25,31H,4,16H2,1-3H3/b26-24+. The molecule has 4 rings (SSSR count). The summed E-state index contributed by atoms with van der Waals surface area (Å²) in [6, 6.07) is 16.7. The second kappa shape index (κ2) is 10.5. The molecule has 0 radical (unpaired) electrons. The van der Waals surface area contributed by atoms with Gasteiger partial charge in [0.2, 0.25) is 0 Å². The van der Waals surface area contributed by atoms with Crippen molar-refractivity contribution in [3.63, 3.8) is 0 Å². The number of halogens is 1. The maximum absolute atomic E-state index is 14.1. The number of benzene rings is 3. The van der Waals surface area contributed by atoms with Crippen molar-refractivity contribution in [2.45, 2.75) is 19.5 Å². The van der Waals surface area contributed by atoms with Crippen molar-refractivity contribution in [2.75, 3.05) is 20.8 Å². The van der Waals surface area contributed by atoms with E-state index in [1.807, 2.05) is 19.1 Å². The number of hydrogen-bond donors (Lipinski definition) is 1. The van der Waals surface area contributed by atoms with Gasteiger partial charge in [-0.25, -0.2) is 4.39 Å². The summed E-state index contributed by atoms with van der Waals surface area (Å²) in [4.78, 5) is 27.9. The molecule has 0 saturated carbocycles. The van der Waals surface area contributed by atoms with Crippen molar-refractivity contribution in [3.8, 4) is 17.2 Å². The van der Waals surface area contributed by atoms with Gasteiger partial charge in [-0.05, 0) is 60.5 Å². The zero-order valence-corrected chi connectivity index (χ0v) is 20.2. The normalized spacial score (nSPS) is 16.8. The van der Waals surface area contributed by atoms with Crippen LogP contribution in [0.2, 0.25) is 0 Å². The van der Waals surface area contributed by atoms with E-state index in [1.54, 1.807) is 36.4 Å². The van der Waals surface area contributed by atoms with Gasteiger partial charge in [0.05, 0.1) is 38.0 Å². The van der Waals surface area contributed by atoms with Gasteiger partial charge in [0.1, 0.15) is 28.8 Å². The zero-order valence-electron chi connectivity index (χ0n) is 20.2. The highest BCUT2D eigenvalue weighted by Crippen LogP contribution is 2.42. The molecule has 1 heterocycles. The van der Waals surface area contributed by atoms with E-state index in [0.717, 1.165) is 11.6 Å². The van der Waals surface area contributed by atoms with Crippen LogP contribution in [-0.4, -0.2) is 42.5 Å². The van der Waals surface area contributed by atoms with Crippen molar-refractivity contribution in [3.05, 3.63) is 94.8 Å². The molecule has 3 aromatic carbocycles. The Bertz CT molecular complexity index is 1300. The lowest BCUT2D eigenvalue weighted by Gasteiger charge is -2.26. The van der Waals surface area contributed by atoms with Gasteiger partial charge in [0, 0.05) is 6.54 Å². The molecule has 0 aliphatic carbocycles. The van der Waals surface area contributed by atoms with Crippen LogP contribution in [-0.2, 0) is 16.1 Å². The fourth-order valence-electron chi connectivity index (χ4n) is 4.24. The molecular weight excluding hydrogens is 465 g/mol. The number of ether oxygens (including phenoxy) is 3. The van der Waals surface area contributed by atoms with Gasteiger partial charge in [-0.1, -0.05) is 24.3 Å². The summed E-state index contributed by atoms with van der Waals surface area (Å²) < 4.78 is 30.1. The maximum atomic E-state index is 14.1. The first kappa shape index (κ1) is 24.8. The van der Waals surface area contributed by atoms with Gasteiger partial charge in [-0.15, -0.1) is 0 Å². The summed E-state index contributed by atoms with van der Waals surface area (Å²) in [5.74, 6) is -1.34. The molecule has 36 heavy (non-hydrogen) atoms. The fraction of sp³-hybridized carbons (Fsp3) is 0.214. The molecule has 8 heteroatoms. The predicted molar refractivity (Wildman–Crippen MR) is 131 cm³/mol. The number of aliphatic hydroxyl groups is 1. The fourth-order valence-corrected chi connectivity index (χ4v) is 4.24. The second-order valence-electron chi connectivity index (χ2n) is 8.12. The van der Waals surface area contributed by atoms with Gasteiger partial charge in [0.25, 0.3) is 11.7 Å². The first-order valence-electron chi connectivity index (χ1n) is 11.4. The number of rotatable bonds is 8. The van der Waals surface area contributed by atoms with Crippen molar-refractivity contribution >= 4 is 17.4 Å². The molecule has 7 nitrogen and oxygen atoms in total. The van der Waals surface area contributed by atoms with Crippen LogP contribution in [0, 0.1) is 5.82 Å². The van der Waals surface area contributed by atoms with Gasteiger partial charge in [-0.3, -0.25) is 9.59 Å². The number of ketones is 1. The van der Waals surface area contributed by atoms with Gasteiger partial charge in [0.15, 0.2) is 0 Å². The van der Waals surface area contributed by atoms with Gasteiger partial charge < -0.3 is 24.2 Å². The number of carbonyl (C=O) groups is 2. The lowest BCUT2D eigenvalue weighted by molar-refractivity contribution is -0.140. The molecule has 1 N–H and O–H groups in total. The summed E-state index contributed by atoms with van der Waals surface area (Å²) >= 11 is 0. The predicted octanol–water partition coefficient (Wildman–Crippen LogP) is 4.86. The SMILES string of the molecule is CCOc1ccc(CN2C(=O)C(=O)/C(=C(/O)c3cc(F)ccc3OC)C2c2ccc(OC)cc2)cc1. The third kappa shape index (κ3) is 4.75. The molecule has 3 aromatic rings. The molecule has 0 spiro atoms. The molecule has 1 aliphatic rings. The Kier molecular flexibility index (Phi) is 7.24. The average molecular weight is 492 g/mol. The van der Waals surface area contributed by atoms with E-state index in [4.69, 9.17) is 14.2 Å². The van der Waals surface area contributed by atoms with Crippen LogP contribution in [0.3, 0.4) is 0 Å². The van der Waals surface area contributed by atoms with E-state index in [0.29, 0.717) is 23.7 Å². The number of methoxy groups -OCH3 is 2. The molecule has 1 unspecified atom stereocenters. The largest absolute Gasteiger partial charge is 0.507 e. The van der Waals surface area contributed by atoms with Crippen LogP contribution >= 0.6 is 0 Å². The van der Waals surface area contributed by atoms with Crippen molar-refractivity contribution in [2.24, 2.45) is 0 Å². The number of Topliss-reactive ketones (excluding diaryl/α,β-unsaturated/α-hetero) is 1. The Morgan fingerprint density at radius 1 is 0.944 bits per heavy atom. The molecule has 1 fully saturated rings. The Balaban J connectivity index is 1.84. The van der Waals surface area contributed by atoms with Crippen LogP contribution in [0.25, 0.3) is 5.76 Å². The van der Waals surface area contributed by atoms with E-state index in [1.165, 1.54) is 31.3 Å². The molecule has 0 aromatic heterocycles. The number of likely N-dealkylation sites (tertiary alicyclic amines) is 1. The topological polar surface area (TPSA) is 85.3 Å². The number of nitrogens with zero attached hydrogens (tertiary/aromatic N) is 1. The van der Waals surface area contributed by atoms with Crippen molar-refractivity contribution in [1.29, 1.82) is 0 Å². The molecule has 0 bridgehead atoms. The van der Waals surface area contributed by atoms with Crippen LogP contribution in [0.4, 0.5) is 4.39 Å². The minimum Gasteiger partial charge on any atom is -0.507 e. The number of aliphatic hydroxyl groups excluding tert-OH is 1. The maximum Gasteiger partial charge on any atom is 0.295 e. The number of amides is 1. The van der Waals surface area contributed by atoms with Crippen LogP contribution in [0.5, 0.6) is 17.2 Å². The Hall–Kier alpha value is -4.33. The van der Waals surface area contributed by atoms with Crippen LogP contribution < -0.4 is 14.2 Å². The zero-order chi connectivity index (χ0) is 25.8. The van der Waals surface area contributed by atoms with E-state index in [9.17, 15) is 19.1 Å². The summed E-state index contributed by atoms with van der Waals surface area (Å²) in [5.41, 5.74) is 1.18. The van der Waals surface area contributed by atoms with E-state index in [2.05, 4.69) is 0 Å². The lowest BCUT2D eigenvalue weighted by atomic mass is 9.94. The summed E-state index contributed by atoms with van der Waals surface area (Å²) in [6.07, 6.45) is 0. The van der Waals surface area contributed by atoms with E-state index in [-0.39, 0.29) is 23.4 Å². The summed E-state index contributed by atoms with van der Waals surface area (Å²) in [7, 11) is 2.90. The smallest absolute Gasteiger partial charge is 0.295 e. The summed E-state index contributed by atoms with van der Waals surface area (Å²) in [5, 5.41) is 11.2. The number of carbonyl (C=O) groups excluding carboxylic acids is 2.